The van der Waals surface area contributed by atoms with Crippen LogP contribution in [-0.4, -0.2) is 4.98 Å². The largest absolute Gasteiger partial charge is 0.242 e. The van der Waals surface area contributed by atoms with Crippen molar-refractivity contribution >= 4 is 11.3 Å². The standard InChI is InChI=1S/C11H7FN2S/c1-7-14-11(6-15-7)9-2-8(5-13)3-10(12)4-9/h2-4,6H,1H3. The zero-order valence-electron chi connectivity index (χ0n) is 7.99. The first kappa shape index (κ1) is 9.81. The highest BCUT2D eigenvalue weighted by Gasteiger charge is 2.05. The minimum Gasteiger partial charge on any atom is -0.242 e. The van der Waals surface area contributed by atoms with Crippen LogP contribution in [0, 0.1) is 24.1 Å². The maximum Gasteiger partial charge on any atom is 0.125 e. The van der Waals surface area contributed by atoms with Gasteiger partial charge < -0.3 is 0 Å². The zero-order chi connectivity index (χ0) is 10.8. The van der Waals surface area contributed by atoms with E-state index in [1.54, 1.807) is 6.07 Å². The maximum atomic E-state index is 13.1. The number of hydrogen-bond donors (Lipinski definition) is 0. The van der Waals surface area contributed by atoms with Crippen LogP contribution in [0.25, 0.3) is 11.3 Å². The molecule has 2 rings (SSSR count). The van der Waals surface area contributed by atoms with Gasteiger partial charge in [0.1, 0.15) is 5.82 Å². The van der Waals surface area contributed by atoms with Gasteiger partial charge in [0.05, 0.1) is 22.3 Å². The lowest BCUT2D eigenvalue weighted by Gasteiger charge is -1.97. The van der Waals surface area contributed by atoms with E-state index in [0.717, 1.165) is 5.01 Å². The van der Waals surface area contributed by atoms with Crippen LogP contribution in [0.5, 0.6) is 0 Å². The molecular formula is C11H7FN2S. The summed E-state index contributed by atoms with van der Waals surface area (Å²) in [6.07, 6.45) is 0. The van der Waals surface area contributed by atoms with Crippen LogP contribution in [0.15, 0.2) is 23.6 Å². The SMILES string of the molecule is Cc1nc(-c2cc(F)cc(C#N)c2)cs1. The minimum absolute atomic E-state index is 0.315. The number of hydrogen-bond acceptors (Lipinski definition) is 3. The molecule has 0 bridgehead atoms. The van der Waals surface area contributed by atoms with E-state index >= 15 is 0 Å². The van der Waals surface area contributed by atoms with Gasteiger partial charge in [0.25, 0.3) is 0 Å². The molecule has 74 valence electrons. The highest BCUT2D eigenvalue weighted by Crippen LogP contribution is 2.23. The van der Waals surface area contributed by atoms with Crippen LogP contribution >= 0.6 is 11.3 Å². The molecular weight excluding hydrogens is 211 g/mol. The fourth-order valence-corrected chi connectivity index (χ4v) is 1.92. The van der Waals surface area contributed by atoms with Crippen LogP contribution in [0.4, 0.5) is 4.39 Å². The number of nitriles is 1. The number of rotatable bonds is 1. The minimum atomic E-state index is -0.408. The fraction of sp³-hybridized carbons (Fsp3) is 0.0909. The number of aromatic nitrogens is 1. The lowest BCUT2D eigenvalue weighted by atomic mass is 10.1. The molecule has 0 aliphatic rings. The van der Waals surface area contributed by atoms with Crippen LogP contribution in [-0.2, 0) is 0 Å². The van der Waals surface area contributed by atoms with E-state index in [1.165, 1.54) is 23.5 Å². The van der Waals surface area contributed by atoms with Gasteiger partial charge in [-0.2, -0.15) is 5.26 Å². The van der Waals surface area contributed by atoms with Crippen LogP contribution in [0.3, 0.4) is 0 Å². The van der Waals surface area contributed by atoms with Gasteiger partial charge in [0, 0.05) is 10.9 Å². The van der Waals surface area contributed by atoms with Crippen molar-refractivity contribution in [1.82, 2.24) is 4.98 Å². The lowest BCUT2D eigenvalue weighted by Crippen LogP contribution is -1.84. The van der Waals surface area contributed by atoms with Gasteiger partial charge >= 0.3 is 0 Å². The van der Waals surface area contributed by atoms with E-state index in [0.29, 0.717) is 16.8 Å². The molecule has 0 aliphatic heterocycles. The molecule has 0 radical (unpaired) electrons. The summed E-state index contributed by atoms with van der Waals surface area (Å²) in [6, 6.07) is 6.15. The van der Waals surface area contributed by atoms with Gasteiger partial charge in [-0.25, -0.2) is 9.37 Å². The molecule has 0 amide bonds. The molecule has 2 aromatic rings. The molecule has 15 heavy (non-hydrogen) atoms. The highest BCUT2D eigenvalue weighted by molar-refractivity contribution is 7.09. The number of nitrogens with zero attached hydrogens (tertiary/aromatic N) is 2. The molecule has 0 aliphatic carbocycles. The molecule has 0 saturated carbocycles. The summed E-state index contributed by atoms with van der Waals surface area (Å²) >= 11 is 1.50. The Kier molecular flexibility index (Phi) is 2.48. The van der Waals surface area contributed by atoms with Crippen molar-refractivity contribution < 1.29 is 4.39 Å². The Morgan fingerprint density at radius 2 is 2.20 bits per heavy atom. The average molecular weight is 218 g/mol. The van der Waals surface area contributed by atoms with Gasteiger partial charge in [-0.15, -0.1) is 11.3 Å². The Balaban J connectivity index is 2.54. The zero-order valence-corrected chi connectivity index (χ0v) is 8.81. The summed E-state index contributed by atoms with van der Waals surface area (Å²) in [6.45, 7) is 1.89. The topological polar surface area (TPSA) is 36.7 Å². The monoisotopic (exact) mass is 218 g/mol. The third-order valence-corrected chi connectivity index (χ3v) is 2.72. The molecule has 1 aromatic heterocycles. The molecule has 4 heteroatoms. The smallest absolute Gasteiger partial charge is 0.125 e. The first-order chi connectivity index (χ1) is 7.19. The van der Waals surface area contributed by atoms with E-state index in [4.69, 9.17) is 5.26 Å². The summed E-state index contributed by atoms with van der Waals surface area (Å²) in [5.74, 6) is -0.408. The highest BCUT2D eigenvalue weighted by atomic mass is 32.1. The molecule has 1 aromatic carbocycles. The van der Waals surface area contributed by atoms with Gasteiger partial charge in [-0.3, -0.25) is 0 Å². The fourth-order valence-electron chi connectivity index (χ4n) is 1.30. The van der Waals surface area contributed by atoms with Gasteiger partial charge in [0.15, 0.2) is 0 Å². The maximum absolute atomic E-state index is 13.1. The molecule has 0 atom stereocenters. The van der Waals surface area contributed by atoms with E-state index in [9.17, 15) is 4.39 Å². The van der Waals surface area contributed by atoms with Crippen molar-refractivity contribution in [2.75, 3.05) is 0 Å². The Hall–Kier alpha value is -1.73. The third kappa shape index (κ3) is 2.03. The second kappa shape index (κ2) is 3.79. The molecule has 0 spiro atoms. The Bertz CT molecular complexity index is 540. The Morgan fingerprint density at radius 3 is 2.80 bits per heavy atom. The van der Waals surface area contributed by atoms with Crippen molar-refractivity contribution in [3.05, 3.63) is 40.0 Å². The summed E-state index contributed by atoms with van der Waals surface area (Å²) in [4.78, 5) is 4.24. The second-order valence-electron chi connectivity index (χ2n) is 3.09. The molecule has 2 nitrogen and oxygen atoms in total. The third-order valence-electron chi connectivity index (χ3n) is 1.94. The summed E-state index contributed by atoms with van der Waals surface area (Å²) in [7, 11) is 0. The summed E-state index contributed by atoms with van der Waals surface area (Å²) in [5, 5.41) is 11.5. The van der Waals surface area contributed by atoms with Crippen molar-refractivity contribution in [1.29, 1.82) is 5.26 Å². The summed E-state index contributed by atoms with van der Waals surface area (Å²) < 4.78 is 13.1. The van der Waals surface area contributed by atoms with Crippen LogP contribution in [0.2, 0.25) is 0 Å². The van der Waals surface area contributed by atoms with E-state index in [1.807, 2.05) is 18.4 Å². The first-order valence-electron chi connectivity index (χ1n) is 4.32. The summed E-state index contributed by atoms with van der Waals surface area (Å²) in [5.41, 5.74) is 1.68. The molecule has 1 heterocycles. The normalized spacial score (nSPS) is 9.93. The van der Waals surface area contributed by atoms with E-state index in [-0.39, 0.29) is 0 Å². The van der Waals surface area contributed by atoms with Crippen molar-refractivity contribution in [3.8, 4) is 17.3 Å². The quantitative estimate of drug-likeness (QED) is 0.737. The Morgan fingerprint density at radius 1 is 1.40 bits per heavy atom. The van der Waals surface area contributed by atoms with E-state index in [2.05, 4.69) is 4.98 Å². The molecule has 0 fully saturated rings. The number of halogens is 1. The number of aryl methyl sites for hydroxylation is 1. The first-order valence-corrected chi connectivity index (χ1v) is 5.20. The number of benzene rings is 1. The van der Waals surface area contributed by atoms with Crippen molar-refractivity contribution in [2.45, 2.75) is 6.92 Å². The molecule has 0 unspecified atom stereocenters. The van der Waals surface area contributed by atoms with Crippen LogP contribution in [0.1, 0.15) is 10.6 Å². The molecule has 0 N–H and O–H groups in total. The lowest BCUT2D eigenvalue weighted by molar-refractivity contribution is 0.628. The predicted molar refractivity (Wildman–Crippen MR) is 57.0 cm³/mol. The Labute approximate surface area is 90.6 Å². The second-order valence-corrected chi connectivity index (χ2v) is 4.15. The van der Waals surface area contributed by atoms with Crippen molar-refractivity contribution in [2.24, 2.45) is 0 Å². The van der Waals surface area contributed by atoms with Gasteiger partial charge in [-0.1, -0.05) is 0 Å². The van der Waals surface area contributed by atoms with Crippen molar-refractivity contribution in [3.63, 3.8) is 0 Å². The molecule has 0 saturated heterocycles. The van der Waals surface area contributed by atoms with Gasteiger partial charge in [-0.05, 0) is 25.1 Å². The van der Waals surface area contributed by atoms with E-state index < -0.39 is 5.82 Å². The van der Waals surface area contributed by atoms with Crippen LogP contribution < -0.4 is 0 Å². The predicted octanol–water partition coefficient (Wildman–Crippen LogP) is 3.13. The average Bonchev–Trinajstić information content (AvgIpc) is 2.64. The van der Waals surface area contributed by atoms with Gasteiger partial charge in [0.2, 0.25) is 0 Å². The number of thiazole rings is 1.